The van der Waals surface area contributed by atoms with Crippen LogP contribution in [-0.2, 0) is 0 Å². The van der Waals surface area contributed by atoms with Crippen LogP contribution in [-0.4, -0.2) is 49.8 Å². The lowest BCUT2D eigenvalue weighted by atomic mass is 10.0. The minimum absolute atomic E-state index is 0.0837. The Balaban J connectivity index is 1.35. The van der Waals surface area contributed by atoms with Gasteiger partial charge < -0.3 is 10.2 Å². The van der Waals surface area contributed by atoms with Crippen molar-refractivity contribution in [1.82, 2.24) is 30.0 Å². The summed E-state index contributed by atoms with van der Waals surface area (Å²) in [6.07, 6.45) is 6.72. The maximum Gasteiger partial charge on any atom is 0.253 e. The number of amides is 1. The maximum atomic E-state index is 12.4. The molecule has 5 rings (SSSR count). The highest BCUT2D eigenvalue weighted by Crippen LogP contribution is 2.28. The number of nitrogens with one attached hydrogen (secondary N) is 1. The average Bonchev–Trinajstić information content (AvgIpc) is 3.23. The number of carbonyl (C=O) groups is 1. The molecule has 0 radical (unpaired) electrons. The van der Waals surface area contributed by atoms with E-state index in [2.05, 4.69) is 25.3 Å². The zero-order chi connectivity index (χ0) is 22.1. The lowest BCUT2D eigenvalue weighted by molar-refractivity contribution is 0.0930. The van der Waals surface area contributed by atoms with Crippen LogP contribution in [0.1, 0.15) is 29.0 Å². The molecule has 162 valence electrons. The molecule has 4 heterocycles. The quantitative estimate of drug-likeness (QED) is 0.514. The van der Waals surface area contributed by atoms with Crippen LogP contribution in [0.4, 0.5) is 5.82 Å². The number of fused-ring (bicyclic) bond motifs is 1. The molecule has 32 heavy (non-hydrogen) atoms. The number of aromatic nitrogens is 5. The van der Waals surface area contributed by atoms with Crippen LogP contribution in [0.15, 0.2) is 55.0 Å². The number of nitrogens with zero attached hydrogens (tertiary/aromatic N) is 6. The number of hydrogen-bond donors (Lipinski definition) is 1. The minimum atomic E-state index is -0.0837. The van der Waals surface area contributed by atoms with Crippen molar-refractivity contribution in [2.75, 3.05) is 18.0 Å². The summed E-state index contributed by atoms with van der Waals surface area (Å²) in [4.78, 5) is 28.1. The van der Waals surface area contributed by atoms with Gasteiger partial charge in [-0.15, -0.1) is 0 Å². The van der Waals surface area contributed by atoms with Crippen molar-refractivity contribution in [2.24, 2.45) is 0 Å². The smallest absolute Gasteiger partial charge is 0.253 e. The Morgan fingerprint density at radius 3 is 2.72 bits per heavy atom. The Labute approximate surface area is 190 Å². The number of pyridine rings is 1. The van der Waals surface area contributed by atoms with Crippen molar-refractivity contribution in [3.05, 3.63) is 71.4 Å². The third kappa shape index (κ3) is 4.01. The van der Waals surface area contributed by atoms with Crippen LogP contribution >= 0.6 is 11.6 Å². The number of benzene rings is 1. The van der Waals surface area contributed by atoms with E-state index >= 15 is 0 Å². The van der Waals surface area contributed by atoms with Gasteiger partial charge in [0.25, 0.3) is 5.91 Å². The van der Waals surface area contributed by atoms with Crippen molar-refractivity contribution in [2.45, 2.75) is 25.8 Å². The zero-order valence-electron chi connectivity index (χ0n) is 17.6. The number of piperidine rings is 1. The average molecular weight is 448 g/mol. The molecule has 8 nitrogen and oxygen atoms in total. The summed E-state index contributed by atoms with van der Waals surface area (Å²) in [5.41, 5.74) is 2.19. The Bertz CT molecular complexity index is 1270. The van der Waals surface area contributed by atoms with Gasteiger partial charge in [0.2, 0.25) is 0 Å². The lowest BCUT2D eigenvalue weighted by Crippen LogP contribution is -2.45. The van der Waals surface area contributed by atoms with E-state index in [1.165, 1.54) is 0 Å². The Morgan fingerprint density at radius 1 is 1.12 bits per heavy atom. The second-order valence-corrected chi connectivity index (χ2v) is 8.28. The number of hydrogen-bond acceptors (Lipinski definition) is 6. The fourth-order valence-corrected chi connectivity index (χ4v) is 4.22. The standard InChI is InChI=1S/C23H22ClN7O/c1-15-27-21(20-14-26-31(22(20)28-15)19-6-2-5-17(24)12-19)30-10-7-18(8-11-30)29-23(32)16-4-3-9-25-13-16/h2-6,9,12-14,18H,7-8,10-11H2,1H3,(H,29,32). The van der Waals surface area contributed by atoms with Crippen LogP contribution in [0, 0.1) is 6.92 Å². The highest BCUT2D eigenvalue weighted by atomic mass is 35.5. The van der Waals surface area contributed by atoms with Gasteiger partial charge in [0.05, 0.1) is 22.8 Å². The fourth-order valence-electron chi connectivity index (χ4n) is 4.04. The molecule has 1 N–H and O–H groups in total. The van der Waals surface area contributed by atoms with Gasteiger partial charge in [-0.1, -0.05) is 17.7 Å². The highest BCUT2D eigenvalue weighted by Gasteiger charge is 2.25. The van der Waals surface area contributed by atoms with Crippen LogP contribution in [0.2, 0.25) is 5.02 Å². The molecular weight excluding hydrogens is 426 g/mol. The molecule has 1 saturated heterocycles. The van der Waals surface area contributed by atoms with Crippen LogP contribution in [0.5, 0.6) is 0 Å². The van der Waals surface area contributed by atoms with E-state index in [4.69, 9.17) is 16.6 Å². The van der Waals surface area contributed by atoms with E-state index in [0.717, 1.165) is 48.5 Å². The summed E-state index contributed by atoms with van der Waals surface area (Å²) in [7, 11) is 0. The number of anilines is 1. The third-order valence-corrected chi connectivity index (χ3v) is 5.86. The molecule has 4 aromatic rings. The fraction of sp³-hybridized carbons (Fsp3) is 0.261. The van der Waals surface area contributed by atoms with Gasteiger partial charge in [-0.05, 0) is 50.1 Å². The molecule has 0 aliphatic carbocycles. The molecule has 9 heteroatoms. The van der Waals surface area contributed by atoms with Crippen molar-refractivity contribution in [3.8, 4) is 5.69 Å². The normalized spacial score (nSPS) is 14.6. The summed E-state index contributed by atoms with van der Waals surface area (Å²) < 4.78 is 1.79. The second-order valence-electron chi connectivity index (χ2n) is 7.84. The Hall–Kier alpha value is -3.52. The number of halogens is 1. The van der Waals surface area contributed by atoms with E-state index in [0.29, 0.717) is 16.4 Å². The SMILES string of the molecule is Cc1nc(N2CCC(NC(=O)c3cccnc3)CC2)c2cnn(-c3cccc(Cl)c3)c2n1. The molecule has 1 aliphatic heterocycles. The summed E-state index contributed by atoms with van der Waals surface area (Å²) in [6.45, 7) is 3.46. The van der Waals surface area contributed by atoms with Crippen molar-refractivity contribution < 1.29 is 4.79 Å². The summed E-state index contributed by atoms with van der Waals surface area (Å²) in [6, 6.07) is 11.2. The number of aryl methyl sites for hydroxylation is 1. The molecule has 0 saturated carbocycles. The van der Waals surface area contributed by atoms with Gasteiger partial charge in [0.1, 0.15) is 11.6 Å². The maximum absolute atomic E-state index is 12.4. The largest absolute Gasteiger partial charge is 0.356 e. The van der Waals surface area contributed by atoms with Crippen LogP contribution < -0.4 is 10.2 Å². The monoisotopic (exact) mass is 447 g/mol. The van der Waals surface area contributed by atoms with Crippen molar-refractivity contribution in [1.29, 1.82) is 0 Å². The molecular formula is C23H22ClN7O. The van der Waals surface area contributed by atoms with Gasteiger partial charge in [-0.25, -0.2) is 14.6 Å². The zero-order valence-corrected chi connectivity index (χ0v) is 18.3. The second kappa shape index (κ2) is 8.55. The topological polar surface area (TPSA) is 88.8 Å². The van der Waals surface area contributed by atoms with E-state index in [1.807, 2.05) is 31.2 Å². The predicted molar refractivity (Wildman–Crippen MR) is 123 cm³/mol. The third-order valence-electron chi connectivity index (χ3n) is 5.63. The predicted octanol–water partition coefficient (Wildman–Crippen LogP) is 3.57. The first kappa shape index (κ1) is 20.4. The molecule has 1 aromatic carbocycles. The molecule has 0 atom stereocenters. The van der Waals surface area contributed by atoms with Gasteiger partial charge in [-0.3, -0.25) is 9.78 Å². The minimum Gasteiger partial charge on any atom is -0.356 e. The van der Waals surface area contributed by atoms with Gasteiger partial charge in [-0.2, -0.15) is 5.10 Å². The molecule has 1 aliphatic rings. The van der Waals surface area contributed by atoms with Gasteiger partial charge >= 0.3 is 0 Å². The van der Waals surface area contributed by atoms with E-state index in [9.17, 15) is 4.79 Å². The Morgan fingerprint density at radius 2 is 1.97 bits per heavy atom. The molecule has 0 spiro atoms. The van der Waals surface area contributed by atoms with Gasteiger partial charge in [0, 0.05) is 36.5 Å². The highest BCUT2D eigenvalue weighted by molar-refractivity contribution is 6.30. The number of rotatable bonds is 4. The van der Waals surface area contributed by atoms with Crippen molar-refractivity contribution in [3.63, 3.8) is 0 Å². The molecule has 1 fully saturated rings. The molecule has 3 aromatic heterocycles. The summed E-state index contributed by atoms with van der Waals surface area (Å²) in [5.74, 6) is 1.47. The first-order valence-corrected chi connectivity index (χ1v) is 10.9. The van der Waals surface area contributed by atoms with Crippen LogP contribution in [0.3, 0.4) is 0 Å². The summed E-state index contributed by atoms with van der Waals surface area (Å²) in [5, 5.41) is 9.22. The van der Waals surface area contributed by atoms with E-state index in [-0.39, 0.29) is 11.9 Å². The van der Waals surface area contributed by atoms with Gasteiger partial charge in [0.15, 0.2) is 5.65 Å². The molecule has 0 bridgehead atoms. The van der Waals surface area contributed by atoms with E-state index < -0.39 is 0 Å². The number of carbonyl (C=O) groups excluding carboxylic acids is 1. The first-order valence-electron chi connectivity index (χ1n) is 10.5. The van der Waals surface area contributed by atoms with Crippen LogP contribution in [0.25, 0.3) is 16.7 Å². The molecule has 0 unspecified atom stereocenters. The molecule has 1 amide bonds. The van der Waals surface area contributed by atoms with E-state index in [1.54, 1.807) is 35.4 Å². The summed E-state index contributed by atoms with van der Waals surface area (Å²) >= 11 is 6.17. The van der Waals surface area contributed by atoms with Crippen molar-refractivity contribution >= 4 is 34.4 Å². The Kier molecular flexibility index (Phi) is 5.45. The first-order chi connectivity index (χ1) is 15.6. The lowest BCUT2D eigenvalue weighted by Gasteiger charge is -2.33.